The molecule has 1 aliphatic carbocycles. The van der Waals surface area contributed by atoms with Crippen molar-refractivity contribution < 1.29 is 13.5 Å². The second-order valence-corrected chi connectivity index (χ2v) is 12.8. The van der Waals surface area contributed by atoms with Crippen LogP contribution >= 0.6 is 0 Å². The van der Waals surface area contributed by atoms with Crippen LogP contribution in [0, 0.1) is 5.41 Å². The van der Waals surface area contributed by atoms with Crippen LogP contribution < -0.4 is 20.5 Å². The molecule has 1 saturated heterocycles. The van der Waals surface area contributed by atoms with Gasteiger partial charge in [0.15, 0.2) is 11.1 Å². The molecular weight excluding hydrogens is 576 g/mol. The first-order valence-electron chi connectivity index (χ1n) is 14.8. The Morgan fingerprint density at radius 1 is 1.09 bits per heavy atom. The van der Waals surface area contributed by atoms with E-state index in [-0.39, 0.29) is 22.8 Å². The Bertz CT molecular complexity index is 1900. The van der Waals surface area contributed by atoms with Gasteiger partial charge >= 0.3 is 5.56 Å². The van der Waals surface area contributed by atoms with Crippen LogP contribution in [0.4, 0.5) is 5.69 Å². The van der Waals surface area contributed by atoms with E-state index in [2.05, 4.69) is 33.3 Å². The zero-order chi connectivity index (χ0) is 30.3. The van der Waals surface area contributed by atoms with Gasteiger partial charge in [-0.15, -0.1) is 0 Å². The standard InChI is InChI=1S/C33H34N6O4S/c1-33(12-13-33)22-43-30-29(19-36-39(32(30)40)25-7-3-2-4-8-25)37-17-15-34-28(20-37)27-18-26(10-9-24(27)21-44(41)42)38-16-11-23-6-5-14-35-31(23)38/h2-11,14,16,18-19,28,34H,12-13,15,17,20-22H2,1H3,(H,41,42). The van der Waals surface area contributed by atoms with Crippen LogP contribution in [0.2, 0.25) is 0 Å². The van der Waals surface area contributed by atoms with Crippen LogP contribution in [-0.2, 0) is 16.8 Å². The maximum Gasteiger partial charge on any atom is 0.316 e. The summed E-state index contributed by atoms with van der Waals surface area (Å²) in [5.41, 5.74) is 4.58. The van der Waals surface area contributed by atoms with Crippen molar-refractivity contribution in [1.82, 2.24) is 24.6 Å². The highest BCUT2D eigenvalue weighted by Gasteiger charge is 2.39. The topological polar surface area (TPSA) is 115 Å². The summed E-state index contributed by atoms with van der Waals surface area (Å²) in [5, 5.41) is 9.19. The van der Waals surface area contributed by atoms with Gasteiger partial charge < -0.3 is 24.1 Å². The lowest BCUT2D eigenvalue weighted by Gasteiger charge is -2.36. The number of hydrogen-bond donors (Lipinski definition) is 2. The Balaban J connectivity index is 1.25. The molecule has 2 atom stereocenters. The molecule has 5 aromatic rings. The number of benzene rings is 2. The summed E-state index contributed by atoms with van der Waals surface area (Å²) in [6.07, 6.45) is 7.63. The molecule has 2 N–H and O–H groups in total. The molecule has 3 aromatic heterocycles. The highest BCUT2D eigenvalue weighted by molar-refractivity contribution is 7.78. The molecule has 0 amide bonds. The predicted octanol–water partition coefficient (Wildman–Crippen LogP) is 4.62. The minimum absolute atomic E-state index is 0.0140. The molecule has 11 heteroatoms. The van der Waals surface area contributed by atoms with Gasteiger partial charge in [0.25, 0.3) is 0 Å². The lowest BCUT2D eigenvalue weighted by atomic mass is 9.98. The quantitative estimate of drug-likeness (QED) is 0.233. The summed E-state index contributed by atoms with van der Waals surface area (Å²) >= 11 is -2.01. The number of piperazine rings is 1. The lowest BCUT2D eigenvalue weighted by molar-refractivity contribution is 0.243. The number of nitrogens with zero attached hydrogens (tertiary/aromatic N) is 5. The molecule has 1 aliphatic heterocycles. The Morgan fingerprint density at radius 3 is 2.73 bits per heavy atom. The van der Waals surface area contributed by atoms with Gasteiger partial charge in [0.1, 0.15) is 11.3 Å². The molecule has 44 heavy (non-hydrogen) atoms. The summed E-state index contributed by atoms with van der Waals surface area (Å²) in [7, 11) is 0. The van der Waals surface area contributed by atoms with E-state index in [4.69, 9.17) is 4.74 Å². The van der Waals surface area contributed by atoms with E-state index < -0.39 is 11.1 Å². The Labute approximate surface area is 257 Å². The van der Waals surface area contributed by atoms with Crippen LogP contribution in [0.3, 0.4) is 0 Å². The number of aromatic nitrogens is 4. The van der Waals surface area contributed by atoms with Gasteiger partial charge in [-0.05, 0) is 66.4 Å². The Hall–Kier alpha value is -4.32. The highest BCUT2D eigenvalue weighted by Crippen LogP contribution is 2.45. The van der Waals surface area contributed by atoms with Crippen molar-refractivity contribution in [2.24, 2.45) is 5.41 Å². The molecule has 2 aromatic carbocycles. The number of rotatable bonds is 9. The van der Waals surface area contributed by atoms with Crippen molar-refractivity contribution in [3.8, 4) is 17.1 Å². The second kappa shape index (κ2) is 11.6. The minimum Gasteiger partial charge on any atom is -0.486 e. The molecule has 2 aliphatic rings. The number of anilines is 1. The van der Waals surface area contributed by atoms with Gasteiger partial charge in [0.2, 0.25) is 5.75 Å². The van der Waals surface area contributed by atoms with E-state index in [9.17, 15) is 13.6 Å². The molecule has 0 bridgehead atoms. The SMILES string of the molecule is CC1(COc2c(N3CCNC(c4cc(-n5ccc6cccnc65)ccc4CS(=O)O)C3)cnn(-c3ccccc3)c2=O)CC1. The molecular formula is C33H34N6O4S. The van der Waals surface area contributed by atoms with E-state index in [1.807, 2.05) is 71.4 Å². The van der Waals surface area contributed by atoms with Gasteiger partial charge in [0.05, 0.1) is 30.3 Å². The largest absolute Gasteiger partial charge is 0.486 e. The van der Waals surface area contributed by atoms with Gasteiger partial charge in [-0.25, -0.2) is 9.19 Å². The van der Waals surface area contributed by atoms with Crippen molar-refractivity contribution >= 4 is 27.8 Å². The summed E-state index contributed by atoms with van der Waals surface area (Å²) in [5.74, 6) is 0.313. The van der Waals surface area contributed by atoms with Gasteiger partial charge in [-0.2, -0.15) is 9.78 Å². The van der Waals surface area contributed by atoms with Crippen molar-refractivity contribution in [3.05, 3.63) is 107 Å². The summed E-state index contributed by atoms with van der Waals surface area (Å²) < 4.78 is 31.5. The first-order valence-corrected chi connectivity index (χ1v) is 16.1. The average Bonchev–Trinajstić information content (AvgIpc) is 3.62. The summed E-state index contributed by atoms with van der Waals surface area (Å²) in [6.45, 7) is 4.45. The number of hydrogen-bond acceptors (Lipinski definition) is 7. The fourth-order valence-corrected chi connectivity index (χ4v) is 6.35. The third-order valence-electron chi connectivity index (χ3n) is 8.61. The highest BCUT2D eigenvalue weighted by atomic mass is 32.2. The number of para-hydroxylation sites is 1. The van der Waals surface area contributed by atoms with E-state index >= 15 is 0 Å². The number of fused-ring (bicyclic) bond motifs is 1. The van der Waals surface area contributed by atoms with E-state index in [0.29, 0.717) is 43.4 Å². The molecule has 10 nitrogen and oxygen atoms in total. The van der Waals surface area contributed by atoms with Crippen LogP contribution in [-0.4, -0.2) is 54.3 Å². The zero-order valence-electron chi connectivity index (χ0n) is 24.4. The second-order valence-electron chi connectivity index (χ2n) is 11.9. The molecule has 226 valence electrons. The Kier molecular flexibility index (Phi) is 7.53. The summed E-state index contributed by atoms with van der Waals surface area (Å²) in [6, 6.07) is 21.1. The maximum atomic E-state index is 13.8. The maximum absolute atomic E-state index is 13.8. The molecule has 0 spiro atoms. The summed E-state index contributed by atoms with van der Waals surface area (Å²) in [4.78, 5) is 20.5. The monoisotopic (exact) mass is 610 g/mol. The van der Waals surface area contributed by atoms with Gasteiger partial charge in [-0.1, -0.05) is 31.2 Å². The van der Waals surface area contributed by atoms with Crippen LogP contribution in [0.25, 0.3) is 22.4 Å². The van der Waals surface area contributed by atoms with Crippen molar-refractivity contribution in [2.45, 2.75) is 31.6 Å². The van der Waals surface area contributed by atoms with Gasteiger partial charge in [-0.3, -0.25) is 4.79 Å². The number of ether oxygens (including phenoxy) is 1. The third-order valence-corrected chi connectivity index (χ3v) is 9.17. The van der Waals surface area contributed by atoms with Crippen molar-refractivity contribution in [1.29, 1.82) is 0 Å². The average molecular weight is 611 g/mol. The number of nitrogens with one attached hydrogen (secondary N) is 1. The van der Waals surface area contributed by atoms with Crippen LogP contribution in [0.15, 0.2) is 90.1 Å². The molecule has 1 saturated carbocycles. The molecule has 2 fully saturated rings. The zero-order valence-corrected chi connectivity index (χ0v) is 25.2. The Morgan fingerprint density at radius 2 is 1.93 bits per heavy atom. The molecule has 7 rings (SSSR count). The van der Waals surface area contributed by atoms with E-state index in [1.54, 1.807) is 12.4 Å². The molecule has 4 heterocycles. The van der Waals surface area contributed by atoms with E-state index in [0.717, 1.165) is 40.7 Å². The smallest absolute Gasteiger partial charge is 0.316 e. The first kappa shape index (κ1) is 28.5. The molecule has 0 radical (unpaired) electrons. The lowest BCUT2D eigenvalue weighted by Crippen LogP contribution is -2.47. The normalized spacial score (nSPS) is 18.3. The third kappa shape index (κ3) is 5.66. The minimum atomic E-state index is -2.01. The van der Waals surface area contributed by atoms with Crippen LogP contribution in [0.5, 0.6) is 5.75 Å². The number of pyridine rings is 1. The van der Waals surface area contributed by atoms with Gasteiger partial charge in [0, 0.05) is 48.5 Å². The fourth-order valence-electron chi connectivity index (χ4n) is 5.82. The van der Waals surface area contributed by atoms with Crippen LogP contribution in [0.1, 0.15) is 36.9 Å². The first-order chi connectivity index (χ1) is 21.4. The fraction of sp³-hybridized carbons (Fsp3) is 0.303. The van der Waals surface area contributed by atoms with Crippen molar-refractivity contribution in [2.75, 3.05) is 31.1 Å². The van der Waals surface area contributed by atoms with Crippen molar-refractivity contribution in [3.63, 3.8) is 0 Å². The van der Waals surface area contributed by atoms with E-state index in [1.165, 1.54) is 4.68 Å². The predicted molar refractivity (Wildman–Crippen MR) is 171 cm³/mol. The molecule has 2 unspecified atom stereocenters.